The molecule has 0 aliphatic carbocycles. The fourth-order valence-corrected chi connectivity index (χ4v) is 1.65. The number of hydrogen-bond acceptors (Lipinski definition) is 3. The molecule has 2 N–H and O–H groups in total. The molecule has 0 aliphatic heterocycles. The fraction of sp³-hybridized carbons (Fsp3) is 0.923. The summed E-state index contributed by atoms with van der Waals surface area (Å²) in [4.78, 5) is 11.3. The zero-order valence-corrected chi connectivity index (χ0v) is 10.8. The molecule has 0 bridgehead atoms. The van der Waals surface area contributed by atoms with E-state index in [0.717, 1.165) is 45.1 Å². The van der Waals surface area contributed by atoms with Crippen molar-refractivity contribution in [2.75, 3.05) is 13.2 Å². The summed E-state index contributed by atoms with van der Waals surface area (Å²) < 4.78 is 5.20. The minimum absolute atomic E-state index is 0.0456. The van der Waals surface area contributed by atoms with E-state index in [9.17, 15) is 4.79 Å². The maximum Gasteiger partial charge on any atom is 0.305 e. The summed E-state index contributed by atoms with van der Waals surface area (Å²) in [6, 6.07) is 0. The molecule has 0 aromatic heterocycles. The maximum absolute atomic E-state index is 11.3. The lowest BCUT2D eigenvalue weighted by Gasteiger charge is -2.10. The number of carbonyl (C=O) groups is 1. The topological polar surface area (TPSA) is 52.3 Å². The van der Waals surface area contributed by atoms with Crippen molar-refractivity contribution in [1.82, 2.24) is 0 Å². The molecule has 0 aliphatic rings. The van der Waals surface area contributed by atoms with E-state index in [2.05, 4.69) is 13.8 Å². The van der Waals surface area contributed by atoms with E-state index in [-0.39, 0.29) is 5.97 Å². The number of esters is 1. The highest BCUT2D eigenvalue weighted by molar-refractivity contribution is 5.69. The monoisotopic (exact) mass is 229 g/mol. The second-order valence-electron chi connectivity index (χ2n) is 4.53. The molecule has 0 radical (unpaired) electrons. The molecule has 96 valence electrons. The Morgan fingerprint density at radius 2 is 1.94 bits per heavy atom. The van der Waals surface area contributed by atoms with Crippen molar-refractivity contribution in [3.63, 3.8) is 0 Å². The quantitative estimate of drug-likeness (QED) is 0.463. The minimum Gasteiger partial charge on any atom is -0.465 e. The lowest BCUT2D eigenvalue weighted by molar-refractivity contribution is -0.145. The summed E-state index contributed by atoms with van der Waals surface area (Å²) in [7, 11) is 0. The van der Waals surface area contributed by atoms with Crippen molar-refractivity contribution in [1.29, 1.82) is 0 Å². The third kappa shape index (κ3) is 9.97. The average molecular weight is 229 g/mol. The van der Waals surface area contributed by atoms with Crippen LogP contribution in [0, 0.1) is 5.92 Å². The van der Waals surface area contributed by atoms with Crippen molar-refractivity contribution in [3.05, 3.63) is 0 Å². The maximum atomic E-state index is 11.3. The number of unbranched alkanes of at least 4 members (excludes halogenated alkanes) is 3. The molecule has 0 heterocycles. The largest absolute Gasteiger partial charge is 0.465 e. The van der Waals surface area contributed by atoms with Gasteiger partial charge in [-0.25, -0.2) is 0 Å². The molecule has 0 aromatic rings. The third-order valence-electron chi connectivity index (χ3n) is 2.65. The zero-order chi connectivity index (χ0) is 12.2. The zero-order valence-electron chi connectivity index (χ0n) is 10.8. The van der Waals surface area contributed by atoms with E-state index >= 15 is 0 Å². The molecule has 0 rings (SSSR count). The van der Waals surface area contributed by atoms with Gasteiger partial charge in [0, 0.05) is 6.42 Å². The van der Waals surface area contributed by atoms with Gasteiger partial charge in [-0.2, -0.15) is 0 Å². The van der Waals surface area contributed by atoms with Gasteiger partial charge < -0.3 is 10.5 Å². The van der Waals surface area contributed by atoms with E-state index in [4.69, 9.17) is 10.5 Å². The predicted molar refractivity (Wildman–Crippen MR) is 67.2 cm³/mol. The van der Waals surface area contributed by atoms with Crippen molar-refractivity contribution in [3.8, 4) is 0 Å². The van der Waals surface area contributed by atoms with Gasteiger partial charge in [0.05, 0.1) is 6.61 Å². The van der Waals surface area contributed by atoms with E-state index in [1.807, 2.05) is 0 Å². The summed E-state index contributed by atoms with van der Waals surface area (Å²) in [6.45, 7) is 5.60. The normalized spacial score (nSPS) is 12.4. The molecule has 0 spiro atoms. The number of hydrogen-bond donors (Lipinski definition) is 1. The lowest BCUT2D eigenvalue weighted by Crippen LogP contribution is -2.11. The van der Waals surface area contributed by atoms with Crippen LogP contribution in [0.4, 0.5) is 0 Å². The van der Waals surface area contributed by atoms with Crippen LogP contribution < -0.4 is 5.73 Å². The second-order valence-corrected chi connectivity index (χ2v) is 4.53. The lowest BCUT2D eigenvalue weighted by atomic mass is 10.1. The summed E-state index contributed by atoms with van der Waals surface area (Å²) >= 11 is 0. The SMILES string of the molecule is CCCC(C)COC(=O)CCCCCCN. The van der Waals surface area contributed by atoms with E-state index in [1.165, 1.54) is 0 Å². The number of rotatable bonds is 10. The molecule has 0 saturated heterocycles. The molecule has 1 unspecified atom stereocenters. The van der Waals surface area contributed by atoms with Crippen LogP contribution in [0.2, 0.25) is 0 Å². The molecule has 0 saturated carbocycles. The van der Waals surface area contributed by atoms with Gasteiger partial charge in [0.15, 0.2) is 0 Å². The van der Waals surface area contributed by atoms with Crippen molar-refractivity contribution in [2.24, 2.45) is 11.7 Å². The first-order valence-electron chi connectivity index (χ1n) is 6.56. The smallest absolute Gasteiger partial charge is 0.305 e. The molecule has 0 fully saturated rings. The molecule has 0 aromatic carbocycles. The van der Waals surface area contributed by atoms with Gasteiger partial charge in [-0.05, 0) is 31.7 Å². The Hall–Kier alpha value is -0.570. The van der Waals surface area contributed by atoms with Gasteiger partial charge in [0.1, 0.15) is 0 Å². The Bertz CT molecular complexity index is 171. The highest BCUT2D eigenvalue weighted by Gasteiger charge is 2.06. The molecule has 0 amide bonds. The molecule has 3 heteroatoms. The minimum atomic E-state index is -0.0456. The Balaban J connectivity index is 3.30. The molecule has 3 nitrogen and oxygen atoms in total. The van der Waals surface area contributed by atoms with Crippen LogP contribution in [0.3, 0.4) is 0 Å². The fourth-order valence-electron chi connectivity index (χ4n) is 1.65. The third-order valence-corrected chi connectivity index (χ3v) is 2.65. The Labute approximate surface area is 99.7 Å². The van der Waals surface area contributed by atoms with Crippen LogP contribution >= 0.6 is 0 Å². The molecule has 1 atom stereocenters. The first-order chi connectivity index (χ1) is 7.70. The van der Waals surface area contributed by atoms with Crippen molar-refractivity contribution < 1.29 is 9.53 Å². The van der Waals surface area contributed by atoms with Gasteiger partial charge in [0.2, 0.25) is 0 Å². The number of carbonyl (C=O) groups excluding carboxylic acids is 1. The molecular weight excluding hydrogens is 202 g/mol. The predicted octanol–water partition coefficient (Wildman–Crippen LogP) is 2.88. The highest BCUT2D eigenvalue weighted by atomic mass is 16.5. The van der Waals surface area contributed by atoms with Crippen LogP contribution in [0.1, 0.15) is 58.8 Å². The average Bonchev–Trinajstić information content (AvgIpc) is 2.26. The Morgan fingerprint density at radius 1 is 1.25 bits per heavy atom. The Kier molecular flexibility index (Phi) is 10.5. The standard InChI is InChI=1S/C13H27NO2/c1-3-8-12(2)11-16-13(15)9-6-4-5-7-10-14/h12H,3-11,14H2,1-2H3. The molecule has 16 heavy (non-hydrogen) atoms. The molecular formula is C13H27NO2. The van der Waals surface area contributed by atoms with Gasteiger partial charge in [-0.3, -0.25) is 4.79 Å². The first-order valence-corrected chi connectivity index (χ1v) is 6.56. The van der Waals surface area contributed by atoms with Crippen LogP contribution in [-0.4, -0.2) is 19.1 Å². The summed E-state index contributed by atoms with van der Waals surface area (Å²) in [5.41, 5.74) is 5.39. The summed E-state index contributed by atoms with van der Waals surface area (Å²) in [6.07, 6.45) is 7.03. The van der Waals surface area contributed by atoms with E-state index in [1.54, 1.807) is 0 Å². The van der Waals surface area contributed by atoms with E-state index < -0.39 is 0 Å². The van der Waals surface area contributed by atoms with Gasteiger partial charge >= 0.3 is 5.97 Å². The number of nitrogens with two attached hydrogens (primary N) is 1. The first kappa shape index (κ1) is 15.4. The summed E-state index contributed by atoms with van der Waals surface area (Å²) in [5, 5.41) is 0. The second kappa shape index (κ2) is 10.9. The van der Waals surface area contributed by atoms with Gasteiger partial charge in [0.25, 0.3) is 0 Å². The number of ether oxygens (including phenoxy) is 1. The highest BCUT2D eigenvalue weighted by Crippen LogP contribution is 2.07. The van der Waals surface area contributed by atoms with Crippen molar-refractivity contribution >= 4 is 5.97 Å². The van der Waals surface area contributed by atoms with Crippen LogP contribution in [0.15, 0.2) is 0 Å². The van der Waals surface area contributed by atoms with Crippen LogP contribution in [0.5, 0.6) is 0 Å². The van der Waals surface area contributed by atoms with Crippen LogP contribution in [0.25, 0.3) is 0 Å². The van der Waals surface area contributed by atoms with Gasteiger partial charge in [-0.1, -0.05) is 33.1 Å². The summed E-state index contributed by atoms with van der Waals surface area (Å²) in [5.74, 6) is 0.446. The Morgan fingerprint density at radius 3 is 2.56 bits per heavy atom. The van der Waals surface area contributed by atoms with Gasteiger partial charge in [-0.15, -0.1) is 0 Å². The van der Waals surface area contributed by atoms with E-state index in [0.29, 0.717) is 18.9 Å². The van der Waals surface area contributed by atoms with Crippen LogP contribution in [-0.2, 0) is 9.53 Å². The van der Waals surface area contributed by atoms with Crippen molar-refractivity contribution in [2.45, 2.75) is 58.8 Å².